The molecule has 1 aliphatic carbocycles. The van der Waals surface area contributed by atoms with Gasteiger partial charge in [-0.15, -0.1) is 0 Å². The first kappa shape index (κ1) is 14.8. The van der Waals surface area contributed by atoms with Crippen LogP contribution in [0.15, 0.2) is 0 Å². The number of ether oxygens (including phenoxy) is 1. The smallest absolute Gasteiger partial charge is 0.237 e. The van der Waals surface area contributed by atoms with Gasteiger partial charge in [0.05, 0.1) is 12.6 Å². The Bertz CT molecular complexity index is 295. The minimum atomic E-state index is 0.326. The highest BCUT2D eigenvalue weighted by Crippen LogP contribution is 2.28. The lowest BCUT2D eigenvalue weighted by Crippen LogP contribution is -2.46. The van der Waals surface area contributed by atoms with E-state index < -0.39 is 0 Å². The number of methoxy groups -OCH3 is 1. The number of piperidine rings is 1. The number of nitrogens with zero attached hydrogens (tertiary/aromatic N) is 2. The highest BCUT2D eigenvalue weighted by atomic mass is 16.5. The van der Waals surface area contributed by atoms with Crippen LogP contribution in [-0.2, 0) is 9.53 Å². The molecule has 1 saturated carbocycles. The van der Waals surface area contributed by atoms with Gasteiger partial charge in [0.15, 0.2) is 0 Å². The fourth-order valence-corrected chi connectivity index (χ4v) is 2.82. The second kappa shape index (κ2) is 6.71. The quantitative estimate of drug-likeness (QED) is 0.735. The molecule has 0 bridgehead atoms. The number of carbonyl (C=O) groups is 1. The highest BCUT2D eigenvalue weighted by molar-refractivity contribution is 5.79. The standard InChI is InChI=1S/C15H28N2O2/c1-12(2)10-17(13-4-5-13)15(18)11-16-8-6-14(19-3)7-9-16/h12-14H,4-11H2,1-3H3. The van der Waals surface area contributed by atoms with Crippen molar-refractivity contribution in [2.75, 3.05) is 33.3 Å². The molecule has 1 amide bonds. The van der Waals surface area contributed by atoms with Crippen molar-refractivity contribution in [3.63, 3.8) is 0 Å². The van der Waals surface area contributed by atoms with Crippen LogP contribution in [0.2, 0.25) is 0 Å². The van der Waals surface area contributed by atoms with Gasteiger partial charge in [-0.3, -0.25) is 9.69 Å². The Kier molecular flexibility index (Phi) is 5.22. The summed E-state index contributed by atoms with van der Waals surface area (Å²) < 4.78 is 5.37. The lowest BCUT2D eigenvalue weighted by molar-refractivity contribution is -0.134. The molecule has 19 heavy (non-hydrogen) atoms. The molecule has 1 saturated heterocycles. The van der Waals surface area contributed by atoms with Crippen molar-refractivity contribution in [1.82, 2.24) is 9.80 Å². The van der Waals surface area contributed by atoms with Crippen LogP contribution in [0.25, 0.3) is 0 Å². The van der Waals surface area contributed by atoms with Crippen molar-refractivity contribution in [1.29, 1.82) is 0 Å². The van der Waals surface area contributed by atoms with Gasteiger partial charge in [-0.1, -0.05) is 13.8 Å². The van der Waals surface area contributed by atoms with E-state index >= 15 is 0 Å². The van der Waals surface area contributed by atoms with Gasteiger partial charge in [-0.2, -0.15) is 0 Å². The summed E-state index contributed by atoms with van der Waals surface area (Å²) >= 11 is 0. The lowest BCUT2D eigenvalue weighted by Gasteiger charge is -2.33. The van der Waals surface area contributed by atoms with E-state index in [1.165, 1.54) is 12.8 Å². The normalized spacial score (nSPS) is 21.9. The summed E-state index contributed by atoms with van der Waals surface area (Å²) in [6.45, 7) is 7.87. The molecule has 2 rings (SSSR count). The van der Waals surface area contributed by atoms with Crippen molar-refractivity contribution in [3.05, 3.63) is 0 Å². The number of hydrogen-bond donors (Lipinski definition) is 0. The van der Waals surface area contributed by atoms with Crippen LogP contribution in [-0.4, -0.2) is 61.1 Å². The van der Waals surface area contributed by atoms with Crippen LogP contribution in [0.1, 0.15) is 39.5 Å². The molecule has 4 nitrogen and oxygen atoms in total. The third-order valence-corrected chi connectivity index (χ3v) is 4.10. The zero-order valence-electron chi connectivity index (χ0n) is 12.6. The largest absolute Gasteiger partial charge is 0.381 e. The average molecular weight is 268 g/mol. The van der Waals surface area contributed by atoms with E-state index in [9.17, 15) is 4.79 Å². The monoisotopic (exact) mass is 268 g/mol. The minimum Gasteiger partial charge on any atom is -0.381 e. The number of amides is 1. The summed E-state index contributed by atoms with van der Waals surface area (Å²) in [4.78, 5) is 16.8. The van der Waals surface area contributed by atoms with Crippen LogP contribution in [0, 0.1) is 5.92 Å². The van der Waals surface area contributed by atoms with E-state index in [0.29, 0.717) is 30.5 Å². The van der Waals surface area contributed by atoms with E-state index in [-0.39, 0.29) is 0 Å². The molecular weight excluding hydrogens is 240 g/mol. The maximum atomic E-state index is 12.4. The average Bonchev–Trinajstić information content (AvgIpc) is 3.21. The summed E-state index contributed by atoms with van der Waals surface area (Å²) in [5.41, 5.74) is 0. The Labute approximate surface area is 117 Å². The molecule has 1 heterocycles. The second-order valence-corrected chi connectivity index (χ2v) is 6.38. The van der Waals surface area contributed by atoms with Crippen molar-refractivity contribution in [3.8, 4) is 0 Å². The van der Waals surface area contributed by atoms with Gasteiger partial charge >= 0.3 is 0 Å². The summed E-state index contributed by atoms with van der Waals surface area (Å²) in [6, 6.07) is 0.534. The molecule has 110 valence electrons. The molecule has 0 aromatic heterocycles. The maximum absolute atomic E-state index is 12.4. The second-order valence-electron chi connectivity index (χ2n) is 6.38. The topological polar surface area (TPSA) is 32.8 Å². The van der Waals surface area contributed by atoms with E-state index in [1.807, 2.05) is 0 Å². The predicted molar refractivity (Wildman–Crippen MR) is 76.0 cm³/mol. The lowest BCUT2D eigenvalue weighted by atomic mass is 10.1. The van der Waals surface area contributed by atoms with Gasteiger partial charge in [0, 0.05) is 32.8 Å². The summed E-state index contributed by atoms with van der Waals surface area (Å²) in [7, 11) is 1.78. The number of hydrogen-bond acceptors (Lipinski definition) is 3. The number of likely N-dealkylation sites (tertiary alicyclic amines) is 1. The molecular formula is C15H28N2O2. The number of rotatable bonds is 6. The predicted octanol–water partition coefficient (Wildman–Crippen LogP) is 1.74. The van der Waals surface area contributed by atoms with E-state index in [2.05, 4.69) is 23.6 Å². The maximum Gasteiger partial charge on any atom is 0.237 e. The Morgan fingerprint density at radius 3 is 2.37 bits per heavy atom. The first-order chi connectivity index (χ1) is 9.10. The van der Waals surface area contributed by atoms with Gasteiger partial charge in [-0.05, 0) is 31.6 Å². The third-order valence-electron chi connectivity index (χ3n) is 4.10. The van der Waals surface area contributed by atoms with E-state index in [1.54, 1.807) is 7.11 Å². The molecule has 1 aliphatic heterocycles. The fourth-order valence-electron chi connectivity index (χ4n) is 2.82. The van der Waals surface area contributed by atoms with Crippen LogP contribution < -0.4 is 0 Å². The van der Waals surface area contributed by atoms with Gasteiger partial charge in [0.1, 0.15) is 0 Å². The molecule has 0 atom stereocenters. The van der Waals surface area contributed by atoms with Gasteiger partial charge in [0.25, 0.3) is 0 Å². The van der Waals surface area contributed by atoms with Crippen LogP contribution in [0.4, 0.5) is 0 Å². The first-order valence-corrected chi connectivity index (χ1v) is 7.64. The van der Waals surface area contributed by atoms with Gasteiger partial charge < -0.3 is 9.64 Å². The summed E-state index contributed by atoms with van der Waals surface area (Å²) in [6.07, 6.45) is 4.89. The molecule has 4 heteroatoms. The zero-order valence-corrected chi connectivity index (χ0v) is 12.6. The first-order valence-electron chi connectivity index (χ1n) is 7.64. The Balaban J connectivity index is 1.79. The Morgan fingerprint density at radius 1 is 1.26 bits per heavy atom. The molecule has 0 radical (unpaired) electrons. The van der Waals surface area contributed by atoms with E-state index in [4.69, 9.17) is 4.74 Å². The van der Waals surface area contributed by atoms with Gasteiger partial charge in [0.2, 0.25) is 5.91 Å². The molecule has 0 unspecified atom stereocenters. The van der Waals surface area contributed by atoms with Crippen molar-refractivity contribution >= 4 is 5.91 Å². The molecule has 0 aromatic rings. The SMILES string of the molecule is COC1CCN(CC(=O)N(CC(C)C)C2CC2)CC1. The molecule has 2 aliphatic rings. The zero-order chi connectivity index (χ0) is 13.8. The summed E-state index contributed by atoms with van der Waals surface area (Å²) in [5.74, 6) is 0.885. The highest BCUT2D eigenvalue weighted by Gasteiger charge is 2.33. The number of carbonyl (C=O) groups excluding carboxylic acids is 1. The Hall–Kier alpha value is -0.610. The minimum absolute atomic E-state index is 0.326. The molecule has 0 aromatic carbocycles. The van der Waals surface area contributed by atoms with Crippen LogP contribution in [0.5, 0.6) is 0 Å². The van der Waals surface area contributed by atoms with Crippen molar-refractivity contribution in [2.45, 2.75) is 51.7 Å². The van der Waals surface area contributed by atoms with Crippen LogP contribution in [0.3, 0.4) is 0 Å². The van der Waals surface area contributed by atoms with Crippen molar-refractivity contribution in [2.24, 2.45) is 5.92 Å². The van der Waals surface area contributed by atoms with E-state index in [0.717, 1.165) is 32.5 Å². The summed E-state index contributed by atoms with van der Waals surface area (Å²) in [5, 5.41) is 0. The Morgan fingerprint density at radius 2 is 1.89 bits per heavy atom. The molecule has 0 N–H and O–H groups in total. The molecule has 2 fully saturated rings. The van der Waals surface area contributed by atoms with Crippen molar-refractivity contribution < 1.29 is 9.53 Å². The molecule has 0 spiro atoms. The van der Waals surface area contributed by atoms with Gasteiger partial charge in [-0.25, -0.2) is 0 Å². The third kappa shape index (κ3) is 4.46. The van der Waals surface area contributed by atoms with Crippen LogP contribution >= 0.6 is 0 Å². The fraction of sp³-hybridized carbons (Fsp3) is 0.933.